The second-order valence-electron chi connectivity index (χ2n) is 5.74. The average Bonchev–Trinajstić information content (AvgIpc) is 2.51. The van der Waals surface area contributed by atoms with Crippen LogP contribution in [0.4, 0.5) is 0 Å². The van der Waals surface area contributed by atoms with E-state index >= 15 is 0 Å². The van der Waals surface area contributed by atoms with Crippen LogP contribution in [-0.4, -0.2) is 61.3 Å². The number of hydrogen-bond acceptors (Lipinski definition) is 5. The summed E-state index contributed by atoms with van der Waals surface area (Å²) in [5.41, 5.74) is 0.812. The zero-order chi connectivity index (χ0) is 17.7. The molecule has 7 heteroatoms. The molecule has 1 fully saturated rings. The minimum absolute atomic E-state index is 0.0859. The van der Waals surface area contributed by atoms with Crippen molar-refractivity contribution in [3.8, 4) is 5.75 Å². The molecule has 0 saturated carbocycles. The topological polar surface area (TPSA) is 79.0 Å². The van der Waals surface area contributed by atoms with E-state index in [1.807, 2.05) is 19.0 Å². The molecule has 1 aliphatic heterocycles. The first-order valence-corrected chi connectivity index (χ1v) is 7.58. The van der Waals surface area contributed by atoms with E-state index in [0.29, 0.717) is 6.61 Å². The van der Waals surface area contributed by atoms with Crippen LogP contribution in [-0.2, 0) is 14.4 Å². The summed E-state index contributed by atoms with van der Waals surface area (Å²) < 4.78 is 5.60. The smallest absolute Gasteiger partial charge is 0.277 e. The summed E-state index contributed by atoms with van der Waals surface area (Å²) in [5, 5.41) is 2.50. The van der Waals surface area contributed by atoms with Gasteiger partial charge in [-0.1, -0.05) is 12.1 Å². The van der Waals surface area contributed by atoms with E-state index in [0.717, 1.165) is 22.8 Å². The monoisotopic (exact) mass is 331 g/mol. The molecule has 0 spiro atoms. The van der Waals surface area contributed by atoms with Crippen molar-refractivity contribution in [2.24, 2.45) is 0 Å². The maximum Gasteiger partial charge on any atom is 0.277 e. The fourth-order valence-electron chi connectivity index (χ4n) is 2.13. The first kappa shape index (κ1) is 17.7. The summed E-state index contributed by atoms with van der Waals surface area (Å²) in [6.45, 7) is 2.40. The third kappa shape index (κ3) is 4.66. The van der Waals surface area contributed by atoms with Crippen molar-refractivity contribution in [2.75, 3.05) is 33.8 Å². The van der Waals surface area contributed by atoms with E-state index in [-0.39, 0.29) is 18.1 Å². The molecule has 0 aliphatic carbocycles. The van der Waals surface area contributed by atoms with E-state index in [4.69, 9.17) is 4.74 Å². The first-order chi connectivity index (χ1) is 11.4. The van der Waals surface area contributed by atoms with Crippen molar-refractivity contribution in [3.05, 3.63) is 35.5 Å². The molecule has 1 saturated heterocycles. The maximum atomic E-state index is 12.2. The fraction of sp³-hybridized carbons (Fsp3) is 0.353. The van der Waals surface area contributed by atoms with Crippen LogP contribution in [0, 0.1) is 0 Å². The Balaban J connectivity index is 2.08. The second-order valence-corrected chi connectivity index (χ2v) is 5.74. The molecule has 1 aliphatic rings. The van der Waals surface area contributed by atoms with Gasteiger partial charge in [-0.2, -0.15) is 0 Å². The van der Waals surface area contributed by atoms with Gasteiger partial charge >= 0.3 is 0 Å². The summed E-state index contributed by atoms with van der Waals surface area (Å²) >= 11 is 0. The third-order valence-electron chi connectivity index (χ3n) is 3.43. The van der Waals surface area contributed by atoms with Gasteiger partial charge in [0, 0.05) is 13.5 Å². The molecule has 7 nitrogen and oxygen atoms in total. The number of amides is 3. The van der Waals surface area contributed by atoms with Crippen LogP contribution in [0.3, 0.4) is 0 Å². The average molecular weight is 331 g/mol. The lowest BCUT2D eigenvalue weighted by atomic mass is 10.1. The van der Waals surface area contributed by atoms with Crippen LogP contribution in [0.25, 0.3) is 6.08 Å². The highest BCUT2D eigenvalue weighted by atomic mass is 16.5. The van der Waals surface area contributed by atoms with Gasteiger partial charge in [-0.15, -0.1) is 0 Å². The molecule has 1 N–H and O–H groups in total. The second kappa shape index (κ2) is 7.74. The lowest BCUT2D eigenvalue weighted by molar-refractivity contribution is -0.147. The fourth-order valence-corrected chi connectivity index (χ4v) is 2.13. The van der Waals surface area contributed by atoms with Crippen molar-refractivity contribution >= 4 is 23.8 Å². The van der Waals surface area contributed by atoms with Gasteiger partial charge < -0.3 is 15.0 Å². The molecule has 0 bridgehead atoms. The number of hydrogen-bond donors (Lipinski definition) is 1. The summed E-state index contributed by atoms with van der Waals surface area (Å²) in [7, 11) is 3.94. The van der Waals surface area contributed by atoms with E-state index in [2.05, 4.69) is 5.32 Å². The maximum absolute atomic E-state index is 12.2. The summed E-state index contributed by atoms with van der Waals surface area (Å²) in [4.78, 5) is 38.2. The number of piperazine rings is 1. The largest absolute Gasteiger partial charge is 0.492 e. The Morgan fingerprint density at radius 1 is 1.29 bits per heavy atom. The molecular formula is C17H21N3O4. The highest BCUT2D eigenvalue weighted by Gasteiger charge is 2.30. The van der Waals surface area contributed by atoms with Crippen LogP contribution < -0.4 is 10.1 Å². The number of ether oxygens (including phenoxy) is 1. The Morgan fingerprint density at radius 2 is 1.96 bits per heavy atom. The van der Waals surface area contributed by atoms with Gasteiger partial charge in [0.2, 0.25) is 11.8 Å². The minimum atomic E-state index is -0.506. The summed E-state index contributed by atoms with van der Waals surface area (Å²) in [6, 6.07) is 7.15. The van der Waals surface area contributed by atoms with Crippen molar-refractivity contribution in [1.82, 2.24) is 15.1 Å². The first-order valence-electron chi connectivity index (χ1n) is 7.58. The van der Waals surface area contributed by atoms with E-state index < -0.39 is 11.8 Å². The van der Waals surface area contributed by atoms with Gasteiger partial charge in [-0.05, 0) is 37.9 Å². The SMILES string of the molecule is CC(=O)N1CC(=O)NC(=Cc2ccc(OCCN(C)C)cc2)C1=O. The molecule has 128 valence electrons. The molecule has 2 rings (SSSR count). The van der Waals surface area contributed by atoms with Gasteiger partial charge in [0.15, 0.2) is 0 Å². The quantitative estimate of drug-likeness (QED) is 0.794. The predicted molar refractivity (Wildman–Crippen MR) is 89.0 cm³/mol. The molecule has 0 atom stereocenters. The standard InChI is InChI=1S/C17H21N3O4/c1-12(21)20-11-16(22)18-15(17(20)23)10-13-4-6-14(7-5-13)24-9-8-19(2)3/h4-7,10H,8-9,11H2,1-3H3,(H,18,22). The molecule has 0 radical (unpaired) electrons. The number of likely N-dealkylation sites (N-methyl/N-ethyl adjacent to an activating group) is 1. The van der Waals surface area contributed by atoms with Crippen LogP contribution in [0.5, 0.6) is 5.75 Å². The van der Waals surface area contributed by atoms with Crippen LogP contribution >= 0.6 is 0 Å². The molecule has 3 amide bonds. The minimum Gasteiger partial charge on any atom is -0.492 e. The predicted octanol–water partition coefficient (Wildman–Crippen LogP) is 0.473. The number of benzene rings is 1. The van der Waals surface area contributed by atoms with E-state index in [1.54, 1.807) is 30.3 Å². The Bertz CT molecular complexity index is 665. The van der Waals surface area contributed by atoms with Gasteiger partial charge in [0.1, 0.15) is 24.6 Å². The van der Waals surface area contributed by atoms with Crippen molar-refractivity contribution in [3.63, 3.8) is 0 Å². The molecule has 1 aromatic rings. The highest BCUT2D eigenvalue weighted by Crippen LogP contribution is 2.16. The lowest BCUT2D eigenvalue weighted by Crippen LogP contribution is -2.51. The van der Waals surface area contributed by atoms with Crippen LogP contribution in [0.15, 0.2) is 30.0 Å². The Morgan fingerprint density at radius 3 is 2.54 bits per heavy atom. The normalized spacial score (nSPS) is 16.5. The number of nitrogens with zero attached hydrogens (tertiary/aromatic N) is 2. The third-order valence-corrected chi connectivity index (χ3v) is 3.43. The summed E-state index contributed by atoms with van der Waals surface area (Å²) in [5.74, 6) is -0.623. The number of carbonyl (C=O) groups is 3. The number of rotatable bonds is 5. The molecule has 1 heterocycles. The van der Waals surface area contributed by atoms with Gasteiger partial charge in [-0.25, -0.2) is 0 Å². The zero-order valence-electron chi connectivity index (χ0n) is 14.0. The Labute approximate surface area is 140 Å². The van der Waals surface area contributed by atoms with Gasteiger partial charge in [0.05, 0.1) is 0 Å². The van der Waals surface area contributed by atoms with Crippen LogP contribution in [0.1, 0.15) is 12.5 Å². The van der Waals surface area contributed by atoms with Crippen LogP contribution in [0.2, 0.25) is 0 Å². The van der Waals surface area contributed by atoms with Gasteiger partial charge in [-0.3, -0.25) is 19.3 Å². The number of imide groups is 1. The van der Waals surface area contributed by atoms with Crippen molar-refractivity contribution in [2.45, 2.75) is 6.92 Å². The van der Waals surface area contributed by atoms with E-state index in [9.17, 15) is 14.4 Å². The molecule has 1 aromatic carbocycles. The Hall–Kier alpha value is -2.67. The zero-order valence-corrected chi connectivity index (χ0v) is 14.0. The van der Waals surface area contributed by atoms with Gasteiger partial charge in [0.25, 0.3) is 5.91 Å². The van der Waals surface area contributed by atoms with Crippen molar-refractivity contribution in [1.29, 1.82) is 0 Å². The Kier molecular flexibility index (Phi) is 5.70. The molecule has 0 unspecified atom stereocenters. The summed E-state index contributed by atoms with van der Waals surface area (Å²) in [6.07, 6.45) is 1.54. The lowest BCUT2D eigenvalue weighted by Gasteiger charge is -2.25. The number of nitrogens with one attached hydrogen (secondary N) is 1. The van der Waals surface area contributed by atoms with E-state index in [1.165, 1.54) is 6.92 Å². The molecule has 0 aromatic heterocycles. The highest BCUT2D eigenvalue weighted by molar-refractivity contribution is 6.12. The molecule has 24 heavy (non-hydrogen) atoms. The molecular weight excluding hydrogens is 310 g/mol. The number of carbonyl (C=O) groups excluding carboxylic acids is 3. The van der Waals surface area contributed by atoms with Crippen molar-refractivity contribution < 1.29 is 19.1 Å².